The molecule has 21 heavy (non-hydrogen) atoms. The van der Waals surface area contributed by atoms with Crippen LogP contribution in [0.25, 0.3) is 11.1 Å². The minimum atomic E-state index is 0.101. The van der Waals surface area contributed by atoms with Crippen LogP contribution in [0.15, 0.2) is 72.8 Å². The van der Waals surface area contributed by atoms with E-state index in [9.17, 15) is 4.79 Å². The lowest BCUT2D eigenvalue weighted by Crippen LogP contribution is -2.03. The molecule has 1 aliphatic carbocycles. The largest absolute Gasteiger partial charge is 0.289 e. The standard InChI is InChI=1S/C20H14O/c21-20(14-7-2-1-3-8-14)18-12-6-10-16-13-15-9-4-5-11-17(15)19(16)18/h1-12H,13H2. The predicted octanol–water partition coefficient (Wildman–Crippen LogP) is 4.49. The topological polar surface area (TPSA) is 17.1 Å². The summed E-state index contributed by atoms with van der Waals surface area (Å²) in [6, 6.07) is 23.9. The number of hydrogen-bond donors (Lipinski definition) is 0. The molecule has 0 fully saturated rings. The summed E-state index contributed by atoms with van der Waals surface area (Å²) < 4.78 is 0. The van der Waals surface area contributed by atoms with E-state index in [4.69, 9.17) is 0 Å². The van der Waals surface area contributed by atoms with E-state index in [-0.39, 0.29) is 5.78 Å². The van der Waals surface area contributed by atoms with Gasteiger partial charge in [0.1, 0.15) is 0 Å². The minimum absolute atomic E-state index is 0.101. The Hall–Kier alpha value is -2.67. The molecular weight excluding hydrogens is 256 g/mol. The highest BCUT2D eigenvalue weighted by atomic mass is 16.1. The molecule has 100 valence electrons. The highest BCUT2D eigenvalue weighted by molar-refractivity contribution is 6.13. The minimum Gasteiger partial charge on any atom is -0.289 e. The van der Waals surface area contributed by atoms with Crippen molar-refractivity contribution in [3.8, 4) is 11.1 Å². The average molecular weight is 270 g/mol. The van der Waals surface area contributed by atoms with Crippen LogP contribution in [-0.2, 0) is 6.42 Å². The second-order valence-electron chi connectivity index (χ2n) is 5.37. The molecule has 0 aromatic heterocycles. The normalized spacial score (nSPS) is 11.8. The Morgan fingerprint density at radius 1 is 0.714 bits per heavy atom. The van der Waals surface area contributed by atoms with Crippen LogP contribution in [0.3, 0.4) is 0 Å². The zero-order valence-electron chi connectivity index (χ0n) is 11.5. The van der Waals surface area contributed by atoms with Gasteiger partial charge in [0.15, 0.2) is 5.78 Å². The van der Waals surface area contributed by atoms with Gasteiger partial charge in [0.05, 0.1) is 0 Å². The summed E-state index contributed by atoms with van der Waals surface area (Å²) in [5.41, 5.74) is 6.42. The molecular formula is C20H14O. The van der Waals surface area contributed by atoms with Crippen molar-refractivity contribution >= 4 is 5.78 Å². The zero-order chi connectivity index (χ0) is 14.2. The summed E-state index contributed by atoms with van der Waals surface area (Å²) in [6.45, 7) is 0. The SMILES string of the molecule is O=C(c1ccccc1)c1cccc2c1-c1ccccc1C2. The van der Waals surface area contributed by atoms with E-state index in [2.05, 4.69) is 24.3 Å². The number of carbonyl (C=O) groups is 1. The predicted molar refractivity (Wildman–Crippen MR) is 84.6 cm³/mol. The van der Waals surface area contributed by atoms with Crippen molar-refractivity contribution in [2.24, 2.45) is 0 Å². The fraction of sp³-hybridized carbons (Fsp3) is 0.0500. The summed E-state index contributed by atoms with van der Waals surface area (Å²) in [5, 5.41) is 0. The van der Waals surface area contributed by atoms with E-state index in [1.807, 2.05) is 48.5 Å². The van der Waals surface area contributed by atoms with Gasteiger partial charge in [0.2, 0.25) is 0 Å². The van der Waals surface area contributed by atoms with Crippen LogP contribution >= 0.6 is 0 Å². The quantitative estimate of drug-likeness (QED) is 0.490. The van der Waals surface area contributed by atoms with E-state index in [0.717, 1.165) is 23.1 Å². The number of hydrogen-bond acceptors (Lipinski definition) is 1. The number of rotatable bonds is 2. The third kappa shape index (κ3) is 1.90. The Morgan fingerprint density at radius 2 is 1.43 bits per heavy atom. The molecule has 0 saturated heterocycles. The average Bonchev–Trinajstić information content (AvgIpc) is 2.93. The van der Waals surface area contributed by atoms with Gasteiger partial charge in [-0.3, -0.25) is 4.79 Å². The first-order valence-electron chi connectivity index (χ1n) is 7.14. The fourth-order valence-corrected chi connectivity index (χ4v) is 3.12. The van der Waals surface area contributed by atoms with Crippen LogP contribution in [-0.4, -0.2) is 5.78 Å². The Bertz CT molecular complexity index is 831. The summed E-state index contributed by atoms with van der Waals surface area (Å²) in [6.07, 6.45) is 0.918. The maximum Gasteiger partial charge on any atom is 0.193 e. The van der Waals surface area contributed by atoms with Crippen LogP contribution in [0, 0.1) is 0 Å². The summed E-state index contributed by atoms with van der Waals surface area (Å²) in [5.74, 6) is 0.101. The number of carbonyl (C=O) groups excluding carboxylic acids is 1. The first-order chi connectivity index (χ1) is 10.3. The third-order valence-electron chi connectivity index (χ3n) is 4.10. The highest BCUT2D eigenvalue weighted by Gasteiger charge is 2.23. The molecule has 1 heteroatoms. The molecule has 4 rings (SSSR count). The van der Waals surface area contributed by atoms with Gasteiger partial charge >= 0.3 is 0 Å². The van der Waals surface area contributed by atoms with Crippen molar-refractivity contribution in [1.82, 2.24) is 0 Å². The molecule has 3 aromatic carbocycles. The zero-order valence-corrected chi connectivity index (χ0v) is 11.5. The van der Waals surface area contributed by atoms with Crippen molar-refractivity contribution in [1.29, 1.82) is 0 Å². The summed E-state index contributed by atoms with van der Waals surface area (Å²) >= 11 is 0. The van der Waals surface area contributed by atoms with E-state index >= 15 is 0 Å². The molecule has 0 heterocycles. The maximum atomic E-state index is 12.8. The Morgan fingerprint density at radius 3 is 2.29 bits per heavy atom. The van der Waals surface area contributed by atoms with Crippen LogP contribution in [0.4, 0.5) is 0 Å². The Balaban J connectivity index is 1.91. The Kier molecular flexibility index (Phi) is 2.71. The van der Waals surface area contributed by atoms with Crippen LogP contribution < -0.4 is 0 Å². The Labute approximate surface area is 123 Å². The molecule has 0 radical (unpaired) electrons. The first-order valence-corrected chi connectivity index (χ1v) is 7.14. The molecule has 0 aliphatic heterocycles. The van der Waals surface area contributed by atoms with E-state index in [1.54, 1.807) is 0 Å². The first kappa shape index (κ1) is 12.1. The molecule has 0 atom stereocenters. The lowest BCUT2D eigenvalue weighted by Gasteiger charge is -2.09. The van der Waals surface area contributed by atoms with Gasteiger partial charge in [0, 0.05) is 11.1 Å². The second-order valence-corrected chi connectivity index (χ2v) is 5.37. The fourth-order valence-electron chi connectivity index (χ4n) is 3.12. The molecule has 3 aromatic rings. The van der Waals surface area contributed by atoms with Gasteiger partial charge in [-0.25, -0.2) is 0 Å². The molecule has 0 spiro atoms. The van der Waals surface area contributed by atoms with E-state index < -0.39 is 0 Å². The van der Waals surface area contributed by atoms with Crippen molar-refractivity contribution in [3.05, 3.63) is 95.1 Å². The van der Waals surface area contributed by atoms with Gasteiger partial charge in [-0.05, 0) is 28.7 Å². The van der Waals surface area contributed by atoms with Crippen LogP contribution in [0.5, 0.6) is 0 Å². The maximum absolute atomic E-state index is 12.8. The molecule has 0 bridgehead atoms. The second kappa shape index (κ2) is 4.71. The molecule has 1 nitrogen and oxygen atoms in total. The summed E-state index contributed by atoms with van der Waals surface area (Å²) in [7, 11) is 0. The van der Waals surface area contributed by atoms with Gasteiger partial charge in [-0.1, -0.05) is 72.8 Å². The number of fused-ring (bicyclic) bond motifs is 3. The van der Waals surface area contributed by atoms with Crippen LogP contribution in [0.1, 0.15) is 27.0 Å². The van der Waals surface area contributed by atoms with Crippen LogP contribution in [0.2, 0.25) is 0 Å². The van der Waals surface area contributed by atoms with E-state index in [0.29, 0.717) is 0 Å². The van der Waals surface area contributed by atoms with Crippen molar-refractivity contribution in [3.63, 3.8) is 0 Å². The van der Waals surface area contributed by atoms with E-state index in [1.165, 1.54) is 16.7 Å². The molecule has 0 N–H and O–H groups in total. The van der Waals surface area contributed by atoms with Gasteiger partial charge in [-0.2, -0.15) is 0 Å². The lowest BCUT2D eigenvalue weighted by molar-refractivity contribution is 0.103. The van der Waals surface area contributed by atoms with Gasteiger partial charge < -0.3 is 0 Å². The summed E-state index contributed by atoms with van der Waals surface area (Å²) in [4.78, 5) is 12.8. The highest BCUT2D eigenvalue weighted by Crippen LogP contribution is 2.39. The molecule has 0 unspecified atom stereocenters. The molecule has 0 amide bonds. The number of benzene rings is 3. The van der Waals surface area contributed by atoms with Gasteiger partial charge in [-0.15, -0.1) is 0 Å². The van der Waals surface area contributed by atoms with Gasteiger partial charge in [0.25, 0.3) is 0 Å². The monoisotopic (exact) mass is 270 g/mol. The van der Waals surface area contributed by atoms with Crippen molar-refractivity contribution in [2.45, 2.75) is 6.42 Å². The number of ketones is 1. The van der Waals surface area contributed by atoms with Crippen molar-refractivity contribution < 1.29 is 4.79 Å². The smallest absolute Gasteiger partial charge is 0.193 e. The van der Waals surface area contributed by atoms with Crippen molar-refractivity contribution in [2.75, 3.05) is 0 Å². The molecule has 1 aliphatic rings. The third-order valence-corrected chi connectivity index (χ3v) is 4.10. The lowest BCUT2D eigenvalue weighted by atomic mass is 9.94. The molecule has 0 saturated carbocycles.